The lowest BCUT2D eigenvalue weighted by molar-refractivity contribution is 0.439. The molecule has 0 heterocycles. The number of hydrogen-bond acceptors (Lipinski definition) is 2. The molecule has 0 saturated carbocycles. The zero-order valence-electron chi connectivity index (χ0n) is 19.3. The Labute approximate surface area is 191 Å². The Morgan fingerprint density at radius 1 is 0.375 bits per heavy atom. The van der Waals surface area contributed by atoms with Crippen LogP contribution in [0.2, 0.25) is 0 Å². The first kappa shape index (κ1) is 21.7. The van der Waals surface area contributed by atoms with Gasteiger partial charge in [0.15, 0.2) is 0 Å². The van der Waals surface area contributed by atoms with E-state index in [4.69, 9.17) is 10.2 Å². The number of hydrogen-bond donors (Lipinski definition) is 0. The quantitative estimate of drug-likeness (QED) is 0.280. The minimum Gasteiger partial charge on any atom is -0.182 e. The van der Waals surface area contributed by atoms with Crippen molar-refractivity contribution in [1.82, 2.24) is 0 Å². The average molecular weight is 419 g/mol. The van der Waals surface area contributed by atoms with Crippen molar-refractivity contribution in [2.75, 3.05) is 0 Å². The van der Waals surface area contributed by atoms with Gasteiger partial charge >= 0.3 is 0 Å². The highest BCUT2D eigenvalue weighted by Crippen LogP contribution is 2.33. The molecule has 0 fully saturated rings. The molecule has 4 aromatic carbocycles. The van der Waals surface area contributed by atoms with Crippen LogP contribution in [0.3, 0.4) is 0 Å². The molecule has 0 saturated heterocycles. The number of azo groups is 1. The first-order chi connectivity index (χ1) is 15.4. The maximum absolute atomic E-state index is 4.78. The topological polar surface area (TPSA) is 24.7 Å². The van der Waals surface area contributed by atoms with Crippen LogP contribution < -0.4 is 0 Å². The van der Waals surface area contributed by atoms with Crippen LogP contribution in [0.5, 0.6) is 0 Å². The molecular formula is C30H30N2. The summed E-state index contributed by atoms with van der Waals surface area (Å²) < 4.78 is 0. The second-order valence-corrected chi connectivity index (χ2v) is 9.20. The molecule has 0 spiro atoms. The second-order valence-electron chi connectivity index (χ2n) is 9.20. The highest BCUT2D eigenvalue weighted by molar-refractivity contribution is 5.64. The summed E-state index contributed by atoms with van der Waals surface area (Å²) in [7, 11) is 0. The molecule has 0 N–H and O–H groups in total. The van der Waals surface area contributed by atoms with Crippen LogP contribution in [0, 0.1) is 0 Å². The summed E-state index contributed by atoms with van der Waals surface area (Å²) in [6, 6.07) is 38.1. The van der Waals surface area contributed by atoms with E-state index in [-0.39, 0.29) is 0 Å². The van der Waals surface area contributed by atoms with Gasteiger partial charge in [0.05, 0.1) is 0 Å². The third-order valence-corrected chi connectivity index (χ3v) is 5.95. The van der Waals surface area contributed by atoms with E-state index in [2.05, 4.69) is 125 Å². The van der Waals surface area contributed by atoms with Crippen molar-refractivity contribution in [3.05, 3.63) is 120 Å². The van der Waals surface area contributed by atoms with E-state index in [1.807, 2.05) is 12.1 Å². The minimum atomic E-state index is -0.406. The van der Waals surface area contributed by atoms with Crippen molar-refractivity contribution < 1.29 is 0 Å². The Balaban J connectivity index is 1.51. The van der Waals surface area contributed by atoms with Crippen molar-refractivity contribution in [3.8, 4) is 22.3 Å². The Kier molecular flexibility index (Phi) is 6.05. The molecule has 0 radical (unpaired) electrons. The van der Waals surface area contributed by atoms with Crippen molar-refractivity contribution >= 4 is 0 Å². The number of benzene rings is 4. The zero-order valence-corrected chi connectivity index (χ0v) is 19.3. The standard InChI is InChI=1S/C30H30N2/c1-29(2,27-19-15-25(16-20-27)23-11-7-5-8-12-23)31-32-30(3,4)28-21-17-26(18-22-28)24-13-9-6-10-14-24/h5-22H,1-4H3. The van der Waals surface area contributed by atoms with E-state index in [9.17, 15) is 0 Å². The Bertz CT molecular complexity index is 1070. The molecule has 0 aliphatic rings. The Morgan fingerprint density at radius 2 is 0.656 bits per heavy atom. The van der Waals surface area contributed by atoms with E-state index >= 15 is 0 Å². The van der Waals surface area contributed by atoms with E-state index in [1.165, 1.54) is 22.3 Å². The minimum absolute atomic E-state index is 0.406. The van der Waals surface area contributed by atoms with Gasteiger partial charge in [-0.25, -0.2) is 0 Å². The van der Waals surface area contributed by atoms with E-state index < -0.39 is 11.1 Å². The smallest absolute Gasteiger partial charge is 0.101 e. The summed E-state index contributed by atoms with van der Waals surface area (Å²) in [4.78, 5) is 0. The third kappa shape index (κ3) is 4.86. The maximum atomic E-state index is 4.78. The van der Waals surface area contributed by atoms with Gasteiger partial charge in [0, 0.05) is 0 Å². The summed E-state index contributed by atoms with van der Waals surface area (Å²) in [5.74, 6) is 0. The van der Waals surface area contributed by atoms with Gasteiger partial charge in [-0.3, -0.25) is 0 Å². The molecule has 0 unspecified atom stereocenters. The summed E-state index contributed by atoms with van der Waals surface area (Å²) in [5, 5.41) is 9.56. The normalized spacial score (nSPS) is 12.2. The second kappa shape index (κ2) is 8.92. The van der Waals surface area contributed by atoms with Crippen LogP contribution in [0.1, 0.15) is 38.8 Å². The highest BCUT2D eigenvalue weighted by atomic mass is 15.2. The maximum Gasteiger partial charge on any atom is 0.101 e. The van der Waals surface area contributed by atoms with Gasteiger partial charge in [0.2, 0.25) is 0 Å². The fourth-order valence-corrected chi connectivity index (χ4v) is 3.77. The van der Waals surface area contributed by atoms with Crippen LogP contribution in [-0.2, 0) is 11.1 Å². The van der Waals surface area contributed by atoms with Crippen LogP contribution >= 0.6 is 0 Å². The molecule has 0 aliphatic heterocycles. The van der Waals surface area contributed by atoms with Gasteiger partial charge in [-0.05, 0) is 61.1 Å². The monoisotopic (exact) mass is 418 g/mol. The van der Waals surface area contributed by atoms with Gasteiger partial charge in [-0.15, -0.1) is 0 Å². The first-order valence-corrected chi connectivity index (χ1v) is 11.1. The molecule has 160 valence electrons. The molecule has 2 nitrogen and oxygen atoms in total. The summed E-state index contributed by atoms with van der Waals surface area (Å²) in [6.45, 7) is 8.45. The predicted molar refractivity (Wildman–Crippen MR) is 135 cm³/mol. The average Bonchev–Trinajstić information content (AvgIpc) is 2.84. The van der Waals surface area contributed by atoms with Crippen molar-refractivity contribution in [2.45, 2.75) is 38.8 Å². The van der Waals surface area contributed by atoms with Gasteiger partial charge in [0.1, 0.15) is 11.1 Å². The lowest BCUT2D eigenvalue weighted by Crippen LogP contribution is -2.18. The highest BCUT2D eigenvalue weighted by Gasteiger charge is 2.24. The van der Waals surface area contributed by atoms with Crippen LogP contribution in [0.4, 0.5) is 0 Å². The van der Waals surface area contributed by atoms with Crippen molar-refractivity contribution in [3.63, 3.8) is 0 Å². The fraction of sp³-hybridized carbons (Fsp3) is 0.200. The Morgan fingerprint density at radius 3 is 0.969 bits per heavy atom. The molecule has 2 heteroatoms. The van der Waals surface area contributed by atoms with Gasteiger partial charge in [-0.1, -0.05) is 109 Å². The van der Waals surface area contributed by atoms with Gasteiger partial charge < -0.3 is 0 Å². The number of nitrogens with zero attached hydrogens (tertiary/aromatic N) is 2. The molecule has 32 heavy (non-hydrogen) atoms. The predicted octanol–water partition coefficient (Wildman–Crippen LogP) is 8.64. The summed E-state index contributed by atoms with van der Waals surface area (Å²) >= 11 is 0. The molecule has 0 aliphatic carbocycles. The first-order valence-electron chi connectivity index (χ1n) is 11.1. The number of rotatable bonds is 6. The zero-order chi connectivity index (χ0) is 22.6. The van der Waals surface area contributed by atoms with Crippen LogP contribution in [0.15, 0.2) is 119 Å². The van der Waals surface area contributed by atoms with Gasteiger partial charge in [-0.2, -0.15) is 10.2 Å². The van der Waals surface area contributed by atoms with Crippen molar-refractivity contribution in [1.29, 1.82) is 0 Å². The molecule has 4 rings (SSSR count). The molecular weight excluding hydrogens is 388 g/mol. The largest absolute Gasteiger partial charge is 0.182 e. The van der Waals surface area contributed by atoms with Gasteiger partial charge in [0.25, 0.3) is 0 Å². The molecule has 0 aromatic heterocycles. The molecule has 4 aromatic rings. The summed E-state index contributed by atoms with van der Waals surface area (Å²) in [5.41, 5.74) is 6.35. The van der Waals surface area contributed by atoms with E-state index in [1.54, 1.807) is 0 Å². The Hall–Kier alpha value is -3.52. The van der Waals surface area contributed by atoms with Crippen LogP contribution in [-0.4, -0.2) is 0 Å². The lowest BCUT2D eigenvalue weighted by atomic mass is 9.92. The molecule has 0 amide bonds. The van der Waals surface area contributed by atoms with E-state index in [0.29, 0.717) is 0 Å². The van der Waals surface area contributed by atoms with Crippen LogP contribution in [0.25, 0.3) is 22.3 Å². The van der Waals surface area contributed by atoms with Crippen molar-refractivity contribution in [2.24, 2.45) is 10.2 Å². The van der Waals surface area contributed by atoms with E-state index in [0.717, 1.165) is 11.1 Å². The third-order valence-electron chi connectivity index (χ3n) is 5.95. The fourth-order valence-electron chi connectivity index (χ4n) is 3.77. The SMILES string of the molecule is CC(C)(N=NC(C)(C)c1ccc(-c2ccccc2)cc1)c1ccc(-c2ccccc2)cc1. The molecule has 0 bridgehead atoms. The molecule has 0 atom stereocenters. The summed E-state index contributed by atoms with van der Waals surface area (Å²) in [6.07, 6.45) is 0. The lowest BCUT2D eigenvalue weighted by Gasteiger charge is -2.24.